The van der Waals surface area contributed by atoms with Gasteiger partial charge in [0.25, 0.3) is 11.8 Å². The van der Waals surface area contributed by atoms with Gasteiger partial charge >= 0.3 is 6.18 Å². The van der Waals surface area contributed by atoms with Crippen LogP contribution in [0.5, 0.6) is 0 Å². The Balaban J connectivity index is 2.06. The Hall–Kier alpha value is -3.35. The van der Waals surface area contributed by atoms with E-state index in [1.54, 1.807) is 12.1 Å². The van der Waals surface area contributed by atoms with Crippen molar-refractivity contribution >= 4 is 11.8 Å². The predicted octanol–water partition coefficient (Wildman–Crippen LogP) is 1.67. The summed E-state index contributed by atoms with van der Waals surface area (Å²) in [6, 6.07) is 9.41. The van der Waals surface area contributed by atoms with Gasteiger partial charge in [0.05, 0.1) is 5.56 Å². The van der Waals surface area contributed by atoms with E-state index in [-0.39, 0.29) is 12.1 Å². The van der Waals surface area contributed by atoms with Crippen LogP contribution in [-0.2, 0) is 11.0 Å². The number of hydrogen-bond donors (Lipinski definition) is 4. The number of nitrogens with one attached hydrogen (secondary N) is 2. The molecule has 6 nitrogen and oxygen atoms in total. The molecular weight excluding hydrogens is 375 g/mol. The molecule has 2 aromatic rings. The molecule has 2 aromatic carbocycles. The monoisotopic (exact) mass is 391 g/mol. The lowest BCUT2D eigenvalue weighted by Crippen LogP contribution is -2.50. The summed E-state index contributed by atoms with van der Waals surface area (Å²) in [5, 5.41) is 11.0. The van der Waals surface area contributed by atoms with Crippen LogP contribution < -0.4 is 16.5 Å². The minimum absolute atomic E-state index is 0.200. The lowest BCUT2D eigenvalue weighted by molar-refractivity contribution is -0.137. The first kappa shape index (κ1) is 21.0. The fraction of sp³-hybridized carbons (Fsp3) is 0.158. The van der Waals surface area contributed by atoms with E-state index in [1.807, 2.05) is 0 Å². The van der Waals surface area contributed by atoms with Crippen molar-refractivity contribution in [2.24, 2.45) is 5.73 Å². The van der Waals surface area contributed by atoms with Crippen molar-refractivity contribution in [2.45, 2.75) is 12.2 Å². The smallest absolute Gasteiger partial charge is 0.339 e. The van der Waals surface area contributed by atoms with Crippen LogP contribution in [0.15, 0.2) is 48.5 Å². The third-order valence-corrected chi connectivity index (χ3v) is 3.68. The number of hydroxylamine groups is 1. The number of nitrogens with two attached hydrogens (primary N) is 1. The Labute approximate surface area is 158 Å². The first-order chi connectivity index (χ1) is 13.2. The third-order valence-electron chi connectivity index (χ3n) is 3.68. The molecule has 0 radical (unpaired) electrons. The molecule has 0 aromatic heterocycles. The van der Waals surface area contributed by atoms with Gasteiger partial charge in [-0.25, -0.2) is 5.48 Å². The van der Waals surface area contributed by atoms with Crippen LogP contribution in [0.4, 0.5) is 13.2 Å². The van der Waals surface area contributed by atoms with E-state index in [0.29, 0.717) is 11.1 Å². The van der Waals surface area contributed by atoms with Crippen molar-refractivity contribution in [3.05, 3.63) is 70.8 Å². The summed E-state index contributed by atoms with van der Waals surface area (Å²) in [6.45, 7) is -0.200. The average Bonchev–Trinajstić information content (AvgIpc) is 2.69. The van der Waals surface area contributed by atoms with E-state index < -0.39 is 29.6 Å². The SMILES string of the molecule is NC[C@H](NC(=O)c1ccc(C#Cc2ccc(C(F)(F)F)cc2)cc1)C(=O)NO. The van der Waals surface area contributed by atoms with Gasteiger partial charge in [0.15, 0.2) is 0 Å². The molecule has 0 aliphatic heterocycles. The highest BCUT2D eigenvalue weighted by atomic mass is 19.4. The number of carbonyl (C=O) groups excluding carboxylic acids is 2. The topological polar surface area (TPSA) is 104 Å². The van der Waals surface area contributed by atoms with E-state index in [0.717, 1.165) is 12.1 Å². The van der Waals surface area contributed by atoms with Crippen LogP contribution in [0.25, 0.3) is 0 Å². The largest absolute Gasteiger partial charge is 0.416 e. The third kappa shape index (κ3) is 5.57. The molecule has 2 rings (SSSR count). The highest BCUT2D eigenvalue weighted by Crippen LogP contribution is 2.28. The molecule has 0 heterocycles. The summed E-state index contributed by atoms with van der Waals surface area (Å²) in [5.74, 6) is 4.12. The van der Waals surface area contributed by atoms with Crippen molar-refractivity contribution in [2.75, 3.05) is 6.54 Å². The molecule has 0 unspecified atom stereocenters. The van der Waals surface area contributed by atoms with E-state index in [4.69, 9.17) is 10.9 Å². The summed E-state index contributed by atoms with van der Waals surface area (Å²) in [7, 11) is 0. The maximum atomic E-state index is 12.5. The van der Waals surface area contributed by atoms with Crippen LogP contribution in [-0.4, -0.2) is 29.6 Å². The number of carbonyl (C=O) groups is 2. The Morgan fingerprint density at radius 2 is 1.50 bits per heavy atom. The van der Waals surface area contributed by atoms with Crippen LogP contribution in [0.1, 0.15) is 27.0 Å². The minimum Gasteiger partial charge on any atom is -0.339 e. The van der Waals surface area contributed by atoms with Gasteiger partial charge < -0.3 is 11.1 Å². The first-order valence-electron chi connectivity index (χ1n) is 7.99. The molecule has 1 atom stereocenters. The molecule has 0 fully saturated rings. The lowest BCUT2D eigenvalue weighted by atomic mass is 10.1. The fourth-order valence-electron chi connectivity index (χ4n) is 2.14. The highest BCUT2D eigenvalue weighted by molar-refractivity contribution is 5.97. The Bertz CT molecular complexity index is 898. The molecule has 0 aliphatic rings. The lowest BCUT2D eigenvalue weighted by Gasteiger charge is -2.14. The second kappa shape index (κ2) is 9.03. The number of amides is 2. The standard InChI is InChI=1S/C19H16F3N3O3/c20-19(21,22)15-9-5-13(6-10-15)2-1-12-3-7-14(8-4-12)17(26)24-16(11-23)18(27)25-28/h3-10,16,28H,11,23H2,(H,24,26)(H,25,27)/t16-/m0/s1. The van der Waals surface area contributed by atoms with Crippen molar-refractivity contribution in [1.29, 1.82) is 0 Å². The van der Waals surface area contributed by atoms with Gasteiger partial charge in [0, 0.05) is 23.2 Å². The van der Waals surface area contributed by atoms with Gasteiger partial charge in [-0.2, -0.15) is 13.2 Å². The Kier molecular flexibility index (Phi) is 6.76. The molecule has 0 spiro atoms. The normalized spacial score (nSPS) is 11.8. The molecule has 5 N–H and O–H groups in total. The zero-order valence-corrected chi connectivity index (χ0v) is 14.4. The molecule has 0 saturated heterocycles. The average molecular weight is 391 g/mol. The van der Waals surface area contributed by atoms with Gasteiger partial charge in [-0.1, -0.05) is 11.8 Å². The molecule has 9 heteroatoms. The fourth-order valence-corrected chi connectivity index (χ4v) is 2.14. The van der Waals surface area contributed by atoms with Crippen molar-refractivity contribution in [3.8, 4) is 11.8 Å². The number of benzene rings is 2. The first-order valence-corrected chi connectivity index (χ1v) is 7.99. The van der Waals surface area contributed by atoms with Crippen LogP contribution in [0.3, 0.4) is 0 Å². The molecular formula is C19H16F3N3O3. The highest BCUT2D eigenvalue weighted by Gasteiger charge is 2.29. The molecule has 28 heavy (non-hydrogen) atoms. The summed E-state index contributed by atoms with van der Waals surface area (Å²) < 4.78 is 37.6. The predicted molar refractivity (Wildman–Crippen MR) is 94.1 cm³/mol. The van der Waals surface area contributed by atoms with Gasteiger partial charge in [-0.15, -0.1) is 0 Å². The molecule has 146 valence electrons. The van der Waals surface area contributed by atoms with E-state index in [1.165, 1.54) is 29.7 Å². The van der Waals surface area contributed by atoms with Crippen LogP contribution in [0.2, 0.25) is 0 Å². The summed E-state index contributed by atoms with van der Waals surface area (Å²) in [6.07, 6.45) is -4.40. The number of hydrogen-bond acceptors (Lipinski definition) is 4. The minimum atomic E-state index is -4.40. The zero-order valence-electron chi connectivity index (χ0n) is 14.4. The van der Waals surface area contributed by atoms with Crippen molar-refractivity contribution in [3.63, 3.8) is 0 Å². The van der Waals surface area contributed by atoms with Gasteiger partial charge in [-0.05, 0) is 48.5 Å². The van der Waals surface area contributed by atoms with Crippen molar-refractivity contribution in [1.82, 2.24) is 10.8 Å². The quantitative estimate of drug-likeness (QED) is 0.362. The van der Waals surface area contributed by atoms with E-state index in [9.17, 15) is 22.8 Å². The number of rotatable bonds is 4. The Morgan fingerprint density at radius 1 is 1.00 bits per heavy atom. The van der Waals surface area contributed by atoms with E-state index >= 15 is 0 Å². The van der Waals surface area contributed by atoms with Crippen LogP contribution in [0, 0.1) is 11.8 Å². The summed E-state index contributed by atoms with van der Waals surface area (Å²) >= 11 is 0. The van der Waals surface area contributed by atoms with Crippen molar-refractivity contribution < 1.29 is 28.0 Å². The van der Waals surface area contributed by atoms with Gasteiger partial charge in [0.1, 0.15) is 6.04 Å². The second-order valence-corrected chi connectivity index (χ2v) is 5.64. The molecule has 0 aliphatic carbocycles. The maximum Gasteiger partial charge on any atom is 0.416 e. The summed E-state index contributed by atoms with van der Waals surface area (Å²) in [4.78, 5) is 23.4. The van der Waals surface area contributed by atoms with Gasteiger partial charge in [0.2, 0.25) is 0 Å². The summed E-state index contributed by atoms with van der Waals surface area (Å²) in [5.41, 5.74) is 7.22. The molecule has 0 bridgehead atoms. The molecule has 0 saturated carbocycles. The van der Waals surface area contributed by atoms with Gasteiger partial charge in [-0.3, -0.25) is 14.8 Å². The Morgan fingerprint density at radius 3 is 1.93 bits per heavy atom. The maximum absolute atomic E-state index is 12.5. The number of halogens is 3. The molecule has 2 amide bonds. The number of alkyl halides is 3. The second-order valence-electron chi connectivity index (χ2n) is 5.64. The van der Waals surface area contributed by atoms with Crippen LogP contribution >= 0.6 is 0 Å². The zero-order chi connectivity index (χ0) is 20.7. The van der Waals surface area contributed by atoms with E-state index in [2.05, 4.69) is 17.2 Å².